The molecule has 0 atom stereocenters. The number of aromatic nitrogens is 1. The Morgan fingerprint density at radius 2 is 1.96 bits per heavy atom. The first-order valence-electron chi connectivity index (χ1n) is 8.88. The molecule has 1 saturated carbocycles. The Morgan fingerprint density at radius 1 is 1.19 bits per heavy atom. The van der Waals surface area contributed by atoms with Crippen LogP contribution in [0.3, 0.4) is 0 Å². The van der Waals surface area contributed by atoms with Crippen LogP contribution in [0.25, 0.3) is 0 Å². The van der Waals surface area contributed by atoms with E-state index in [0.29, 0.717) is 11.5 Å². The SMILES string of the molecule is COc1ccc(CNC(=O)c2cc(C(=O)O)ccn2)cc1OC1CCCC1. The van der Waals surface area contributed by atoms with Gasteiger partial charge in [0, 0.05) is 12.7 Å². The zero-order valence-electron chi connectivity index (χ0n) is 15.1. The van der Waals surface area contributed by atoms with E-state index in [2.05, 4.69) is 10.3 Å². The zero-order chi connectivity index (χ0) is 19.2. The van der Waals surface area contributed by atoms with E-state index < -0.39 is 11.9 Å². The molecule has 0 aliphatic heterocycles. The Kier molecular flexibility index (Phi) is 5.90. The molecule has 7 heteroatoms. The lowest BCUT2D eigenvalue weighted by atomic mass is 10.2. The fraction of sp³-hybridized carbons (Fsp3) is 0.350. The number of nitrogens with one attached hydrogen (secondary N) is 1. The summed E-state index contributed by atoms with van der Waals surface area (Å²) in [6.07, 6.45) is 5.92. The smallest absolute Gasteiger partial charge is 0.335 e. The molecular formula is C20H22N2O5. The predicted molar refractivity (Wildman–Crippen MR) is 98.2 cm³/mol. The molecule has 27 heavy (non-hydrogen) atoms. The number of rotatable bonds is 7. The van der Waals surface area contributed by atoms with Gasteiger partial charge in [-0.2, -0.15) is 0 Å². The number of carboxylic acid groups (broad SMARTS) is 1. The average Bonchev–Trinajstić information content (AvgIpc) is 3.19. The molecule has 1 heterocycles. The van der Waals surface area contributed by atoms with Crippen LogP contribution in [0.2, 0.25) is 0 Å². The number of ether oxygens (including phenoxy) is 2. The third-order valence-corrected chi connectivity index (χ3v) is 4.52. The maximum Gasteiger partial charge on any atom is 0.335 e. The van der Waals surface area contributed by atoms with Gasteiger partial charge in [-0.1, -0.05) is 6.07 Å². The van der Waals surface area contributed by atoms with Crippen molar-refractivity contribution in [1.29, 1.82) is 0 Å². The van der Waals surface area contributed by atoms with Crippen molar-refractivity contribution >= 4 is 11.9 Å². The molecule has 0 unspecified atom stereocenters. The summed E-state index contributed by atoms with van der Waals surface area (Å²) >= 11 is 0. The second-order valence-corrected chi connectivity index (χ2v) is 6.43. The van der Waals surface area contributed by atoms with E-state index in [9.17, 15) is 9.59 Å². The topological polar surface area (TPSA) is 97.8 Å². The van der Waals surface area contributed by atoms with Crippen molar-refractivity contribution in [2.45, 2.75) is 38.3 Å². The van der Waals surface area contributed by atoms with Crippen molar-refractivity contribution in [1.82, 2.24) is 10.3 Å². The predicted octanol–water partition coefficient (Wildman–Crippen LogP) is 3.04. The van der Waals surface area contributed by atoms with Crippen LogP contribution >= 0.6 is 0 Å². The van der Waals surface area contributed by atoms with Crippen molar-refractivity contribution < 1.29 is 24.2 Å². The normalized spacial score (nSPS) is 14.0. The number of carbonyl (C=O) groups is 2. The average molecular weight is 370 g/mol. The molecule has 3 rings (SSSR count). The lowest BCUT2D eigenvalue weighted by molar-refractivity contribution is 0.0696. The van der Waals surface area contributed by atoms with Gasteiger partial charge < -0.3 is 19.9 Å². The Balaban J connectivity index is 1.67. The van der Waals surface area contributed by atoms with Crippen molar-refractivity contribution in [3.8, 4) is 11.5 Å². The number of hydrogen-bond donors (Lipinski definition) is 2. The molecule has 1 amide bonds. The quantitative estimate of drug-likeness (QED) is 0.777. The summed E-state index contributed by atoms with van der Waals surface area (Å²) in [5, 5.41) is 11.8. The van der Waals surface area contributed by atoms with Crippen LogP contribution < -0.4 is 14.8 Å². The van der Waals surface area contributed by atoms with Gasteiger partial charge in [0.25, 0.3) is 5.91 Å². The maximum absolute atomic E-state index is 12.3. The van der Waals surface area contributed by atoms with Crippen LogP contribution in [-0.2, 0) is 6.54 Å². The van der Waals surface area contributed by atoms with Crippen LogP contribution in [0.15, 0.2) is 36.5 Å². The first-order valence-corrected chi connectivity index (χ1v) is 8.88. The molecule has 142 valence electrons. The third-order valence-electron chi connectivity index (χ3n) is 4.52. The fourth-order valence-corrected chi connectivity index (χ4v) is 3.07. The molecular weight excluding hydrogens is 348 g/mol. The zero-order valence-corrected chi connectivity index (χ0v) is 15.1. The molecule has 2 aromatic rings. The Labute approximate surface area is 157 Å². The summed E-state index contributed by atoms with van der Waals surface area (Å²) in [5.74, 6) is -0.211. The van der Waals surface area contributed by atoms with E-state index in [4.69, 9.17) is 14.6 Å². The Morgan fingerprint density at radius 3 is 2.67 bits per heavy atom. The van der Waals surface area contributed by atoms with Gasteiger partial charge in [-0.3, -0.25) is 9.78 Å². The maximum atomic E-state index is 12.3. The summed E-state index contributed by atoms with van der Waals surface area (Å²) in [7, 11) is 1.60. The molecule has 1 aromatic heterocycles. The lowest BCUT2D eigenvalue weighted by Gasteiger charge is -2.17. The largest absolute Gasteiger partial charge is 0.493 e. The molecule has 0 bridgehead atoms. The second kappa shape index (κ2) is 8.53. The molecule has 0 radical (unpaired) electrons. The minimum Gasteiger partial charge on any atom is -0.493 e. The van der Waals surface area contributed by atoms with Gasteiger partial charge in [0.1, 0.15) is 5.69 Å². The number of pyridine rings is 1. The Hall–Kier alpha value is -3.09. The van der Waals surface area contributed by atoms with Crippen LogP contribution in [0.1, 0.15) is 52.1 Å². The lowest BCUT2D eigenvalue weighted by Crippen LogP contribution is -2.24. The number of carbonyl (C=O) groups excluding carboxylic acids is 1. The number of benzene rings is 1. The Bertz CT molecular complexity index is 831. The van der Waals surface area contributed by atoms with Gasteiger partial charge >= 0.3 is 5.97 Å². The van der Waals surface area contributed by atoms with Gasteiger partial charge in [-0.15, -0.1) is 0 Å². The van der Waals surface area contributed by atoms with Gasteiger partial charge in [0.05, 0.1) is 18.8 Å². The number of nitrogens with zero attached hydrogens (tertiary/aromatic N) is 1. The molecule has 1 fully saturated rings. The number of carboxylic acids is 1. The summed E-state index contributed by atoms with van der Waals surface area (Å²) in [4.78, 5) is 27.2. The highest BCUT2D eigenvalue weighted by atomic mass is 16.5. The summed E-state index contributed by atoms with van der Waals surface area (Å²) in [6, 6.07) is 8.12. The molecule has 0 saturated heterocycles. The van der Waals surface area contributed by atoms with Crippen molar-refractivity contribution in [3.05, 3.63) is 53.3 Å². The van der Waals surface area contributed by atoms with Gasteiger partial charge in [-0.25, -0.2) is 4.79 Å². The van der Waals surface area contributed by atoms with Crippen LogP contribution in [0, 0.1) is 0 Å². The molecule has 1 aliphatic rings. The van der Waals surface area contributed by atoms with E-state index in [0.717, 1.165) is 18.4 Å². The van der Waals surface area contributed by atoms with Gasteiger partial charge in [0.15, 0.2) is 11.5 Å². The van der Waals surface area contributed by atoms with E-state index in [1.807, 2.05) is 18.2 Å². The van der Waals surface area contributed by atoms with Gasteiger partial charge in [-0.05, 0) is 55.5 Å². The minimum absolute atomic E-state index is 0.0202. The first kappa shape index (κ1) is 18.7. The van der Waals surface area contributed by atoms with Crippen molar-refractivity contribution in [3.63, 3.8) is 0 Å². The number of amides is 1. The number of methoxy groups -OCH3 is 1. The second-order valence-electron chi connectivity index (χ2n) is 6.43. The standard InChI is InChI=1S/C20H22N2O5/c1-26-17-7-6-13(10-18(17)27-15-4-2-3-5-15)12-22-19(23)16-11-14(20(24)25)8-9-21-16/h6-11,15H,2-5,12H2,1H3,(H,22,23)(H,24,25). The first-order chi connectivity index (χ1) is 13.1. The summed E-state index contributed by atoms with van der Waals surface area (Å²) in [5.41, 5.74) is 0.934. The van der Waals surface area contributed by atoms with Crippen LogP contribution in [0.5, 0.6) is 11.5 Å². The molecule has 0 spiro atoms. The van der Waals surface area contributed by atoms with E-state index in [-0.39, 0.29) is 23.9 Å². The highest BCUT2D eigenvalue weighted by Gasteiger charge is 2.19. The third kappa shape index (κ3) is 4.75. The van der Waals surface area contributed by atoms with E-state index >= 15 is 0 Å². The highest BCUT2D eigenvalue weighted by Crippen LogP contribution is 2.32. The highest BCUT2D eigenvalue weighted by molar-refractivity contribution is 5.95. The fourth-order valence-electron chi connectivity index (χ4n) is 3.07. The molecule has 2 N–H and O–H groups in total. The van der Waals surface area contributed by atoms with Crippen molar-refractivity contribution in [2.24, 2.45) is 0 Å². The number of aromatic carboxylic acids is 1. The molecule has 1 aliphatic carbocycles. The van der Waals surface area contributed by atoms with E-state index in [1.165, 1.54) is 31.2 Å². The summed E-state index contributed by atoms with van der Waals surface area (Å²) < 4.78 is 11.4. The van der Waals surface area contributed by atoms with Crippen LogP contribution in [-0.4, -0.2) is 35.2 Å². The van der Waals surface area contributed by atoms with Gasteiger partial charge in [0.2, 0.25) is 0 Å². The van der Waals surface area contributed by atoms with Crippen LogP contribution in [0.4, 0.5) is 0 Å². The minimum atomic E-state index is -1.10. The monoisotopic (exact) mass is 370 g/mol. The molecule has 7 nitrogen and oxygen atoms in total. The van der Waals surface area contributed by atoms with Crippen molar-refractivity contribution in [2.75, 3.05) is 7.11 Å². The molecule has 1 aromatic carbocycles. The van der Waals surface area contributed by atoms with E-state index in [1.54, 1.807) is 7.11 Å². The summed E-state index contributed by atoms with van der Waals surface area (Å²) in [6.45, 7) is 0.267. The number of hydrogen-bond acceptors (Lipinski definition) is 5.